The van der Waals surface area contributed by atoms with E-state index in [1.54, 1.807) is 24.3 Å². The predicted octanol–water partition coefficient (Wildman–Crippen LogP) is 4.31. The number of halogens is 4. The molecule has 0 bridgehead atoms. The van der Waals surface area contributed by atoms with Gasteiger partial charge in [0, 0.05) is 10.9 Å². The Morgan fingerprint density at radius 3 is 2.53 bits per heavy atom. The van der Waals surface area contributed by atoms with Gasteiger partial charge in [0.25, 0.3) is 11.8 Å². The van der Waals surface area contributed by atoms with Crippen molar-refractivity contribution < 1.29 is 31.9 Å². The average molecular weight is 501 g/mol. The highest BCUT2D eigenvalue weighted by Crippen LogP contribution is 2.37. The molecule has 4 aromatic rings. The molecule has 0 aliphatic rings. The fourth-order valence-corrected chi connectivity index (χ4v) is 3.77. The number of ether oxygens (including phenoxy) is 1. The zero-order valence-electron chi connectivity index (χ0n) is 19.0. The van der Waals surface area contributed by atoms with Crippen molar-refractivity contribution in [3.05, 3.63) is 82.6 Å². The second kappa shape index (κ2) is 9.29. The van der Waals surface area contributed by atoms with E-state index in [-0.39, 0.29) is 28.8 Å². The number of nitrogens with one attached hydrogen (secondary N) is 1. The number of amides is 2. The first-order valence-electron chi connectivity index (χ1n) is 10.5. The van der Waals surface area contributed by atoms with Gasteiger partial charge in [-0.25, -0.2) is 9.37 Å². The number of nitrogens with zero attached hydrogens (tertiary/aromatic N) is 3. The molecule has 0 saturated carbocycles. The number of carbonyl (C=O) groups excluding carboxylic acids is 2. The van der Waals surface area contributed by atoms with Crippen molar-refractivity contribution in [2.75, 3.05) is 12.4 Å². The minimum atomic E-state index is -4.91. The van der Waals surface area contributed by atoms with Gasteiger partial charge in [-0.2, -0.15) is 18.3 Å². The van der Waals surface area contributed by atoms with E-state index in [2.05, 4.69) is 15.4 Å². The van der Waals surface area contributed by atoms with Crippen molar-refractivity contribution in [2.45, 2.75) is 19.6 Å². The molecule has 0 unspecified atom stereocenters. The smallest absolute Gasteiger partial charge is 0.437 e. The monoisotopic (exact) mass is 501 g/mol. The Hall–Kier alpha value is -4.48. The fraction of sp³-hybridized carbons (Fsp3) is 0.167. The molecule has 2 amide bonds. The van der Waals surface area contributed by atoms with Crippen LogP contribution in [-0.2, 0) is 12.7 Å². The third-order valence-electron chi connectivity index (χ3n) is 5.51. The second-order valence-electron chi connectivity index (χ2n) is 7.78. The zero-order valence-corrected chi connectivity index (χ0v) is 19.0. The molecule has 0 saturated heterocycles. The molecule has 0 fully saturated rings. The maximum atomic E-state index is 14.6. The number of anilines is 1. The number of primary amides is 1. The lowest BCUT2D eigenvalue weighted by molar-refractivity contribution is -0.140. The van der Waals surface area contributed by atoms with E-state index in [0.717, 1.165) is 16.8 Å². The van der Waals surface area contributed by atoms with Gasteiger partial charge in [0.05, 0.1) is 36.1 Å². The summed E-state index contributed by atoms with van der Waals surface area (Å²) >= 11 is 0. The Labute approximate surface area is 201 Å². The summed E-state index contributed by atoms with van der Waals surface area (Å²) in [4.78, 5) is 28.8. The van der Waals surface area contributed by atoms with Gasteiger partial charge >= 0.3 is 6.18 Å². The summed E-state index contributed by atoms with van der Waals surface area (Å²) < 4.78 is 62.6. The van der Waals surface area contributed by atoms with Crippen LogP contribution in [0, 0.1) is 12.7 Å². The van der Waals surface area contributed by atoms with Crippen LogP contribution >= 0.6 is 0 Å². The summed E-state index contributed by atoms with van der Waals surface area (Å²) in [6.07, 6.45) is -4.91. The normalized spacial score (nSPS) is 11.5. The number of pyridine rings is 1. The Morgan fingerprint density at radius 1 is 1.14 bits per heavy atom. The van der Waals surface area contributed by atoms with E-state index in [9.17, 15) is 27.2 Å². The lowest BCUT2D eigenvalue weighted by atomic mass is 10.1. The van der Waals surface area contributed by atoms with E-state index in [1.165, 1.54) is 26.2 Å². The number of benzene rings is 2. The first-order valence-corrected chi connectivity index (χ1v) is 10.5. The van der Waals surface area contributed by atoms with Gasteiger partial charge < -0.3 is 15.8 Å². The minimum absolute atomic E-state index is 0.00413. The second-order valence-corrected chi connectivity index (χ2v) is 7.78. The third kappa shape index (κ3) is 4.57. The number of hydrogen-bond acceptors (Lipinski definition) is 5. The minimum Gasteiger partial charge on any atom is -0.496 e. The third-order valence-corrected chi connectivity index (χ3v) is 5.51. The highest BCUT2D eigenvalue weighted by atomic mass is 19.4. The van der Waals surface area contributed by atoms with Crippen LogP contribution in [0.4, 0.5) is 23.2 Å². The molecule has 0 aliphatic heterocycles. The van der Waals surface area contributed by atoms with Crippen molar-refractivity contribution in [1.29, 1.82) is 0 Å². The van der Waals surface area contributed by atoms with Crippen LogP contribution in [0.3, 0.4) is 0 Å². The van der Waals surface area contributed by atoms with E-state index < -0.39 is 40.8 Å². The summed E-state index contributed by atoms with van der Waals surface area (Å²) in [6, 6.07) is 11.4. The number of nitrogens with two attached hydrogens (primary N) is 1. The predicted molar refractivity (Wildman–Crippen MR) is 122 cm³/mol. The van der Waals surface area contributed by atoms with Crippen molar-refractivity contribution in [3.63, 3.8) is 0 Å². The Morgan fingerprint density at radius 2 is 1.86 bits per heavy atom. The fourth-order valence-electron chi connectivity index (χ4n) is 3.77. The number of methoxy groups -OCH3 is 1. The lowest BCUT2D eigenvalue weighted by Gasteiger charge is -2.12. The number of carbonyl (C=O) groups is 2. The van der Waals surface area contributed by atoms with Crippen molar-refractivity contribution >= 4 is 28.4 Å². The van der Waals surface area contributed by atoms with E-state index in [4.69, 9.17) is 10.5 Å². The zero-order chi connectivity index (χ0) is 26.2. The van der Waals surface area contributed by atoms with Gasteiger partial charge in [-0.15, -0.1) is 0 Å². The van der Waals surface area contributed by atoms with Gasteiger partial charge in [-0.05, 0) is 31.2 Å². The van der Waals surface area contributed by atoms with E-state index >= 15 is 0 Å². The summed E-state index contributed by atoms with van der Waals surface area (Å²) in [7, 11) is 1.43. The maximum absolute atomic E-state index is 14.6. The first kappa shape index (κ1) is 24.6. The summed E-state index contributed by atoms with van der Waals surface area (Å²) in [5.74, 6) is -2.49. The molecule has 0 spiro atoms. The Kier molecular flexibility index (Phi) is 6.35. The SMILES string of the molecule is COc1ccccc1Cn1nc(C(F)(F)F)c(NC(=O)c2cc(C(N)=O)nc3cccc(F)c23)c1C. The molecule has 0 atom stereocenters. The van der Waals surface area contributed by atoms with Crippen LogP contribution in [0.1, 0.15) is 37.8 Å². The van der Waals surface area contributed by atoms with Crippen LogP contribution in [-0.4, -0.2) is 33.7 Å². The molecule has 0 radical (unpaired) electrons. The molecule has 36 heavy (non-hydrogen) atoms. The molecule has 2 heterocycles. The largest absolute Gasteiger partial charge is 0.496 e. The number of para-hydroxylation sites is 1. The number of aromatic nitrogens is 3. The Balaban J connectivity index is 1.81. The van der Waals surface area contributed by atoms with Crippen molar-refractivity contribution in [3.8, 4) is 5.75 Å². The molecular weight excluding hydrogens is 482 g/mol. The highest BCUT2D eigenvalue weighted by molar-refractivity contribution is 6.14. The topological polar surface area (TPSA) is 112 Å². The van der Waals surface area contributed by atoms with Crippen LogP contribution < -0.4 is 15.8 Å². The molecule has 3 N–H and O–H groups in total. The Bertz CT molecular complexity index is 1500. The number of hydrogen-bond donors (Lipinski definition) is 2. The quantitative estimate of drug-likeness (QED) is 0.383. The molecule has 12 heteroatoms. The molecule has 8 nitrogen and oxygen atoms in total. The number of alkyl halides is 3. The van der Waals surface area contributed by atoms with Crippen molar-refractivity contribution in [1.82, 2.24) is 14.8 Å². The van der Waals surface area contributed by atoms with Gasteiger partial charge in [-0.1, -0.05) is 24.3 Å². The van der Waals surface area contributed by atoms with E-state index in [1.807, 2.05) is 0 Å². The molecule has 2 aromatic carbocycles. The van der Waals surface area contributed by atoms with Gasteiger partial charge in [-0.3, -0.25) is 14.3 Å². The van der Waals surface area contributed by atoms with Gasteiger partial charge in [0.2, 0.25) is 0 Å². The molecule has 4 rings (SSSR count). The molecular formula is C24H19F4N5O3. The number of rotatable bonds is 6. The first-order chi connectivity index (χ1) is 17.0. The van der Waals surface area contributed by atoms with Gasteiger partial charge in [0.15, 0.2) is 5.69 Å². The molecule has 0 aliphatic carbocycles. The summed E-state index contributed by atoms with van der Waals surface area (Å²) in [5.41, 5.74) is 3.07. The molecule has 186 valence electrons. The van der Waals surface area contributed by atoms with Crippen molar-refractivity contribution in [2.24, 2.45) is 5.73 Å². The number of fused-ring (bicyclic) bond motifs is 1. The highest BCUT2D eigenvalue weighted by Gasteiger charge is 2.39. The lowest BCUT2D eigenvalue weighted by Crippen LogP contribution is -2.20. The molecule has 2 aromatic heterocycles. The summed E-state index contributed by atoms with van der Waals surface area (Å²) in [5, 5.41) is 5.62. The van der Waals surface area contributed by atoms with Crippen LogP contribution in [0.25, 0.3) is 10.9 Å². The van der Waals surface area contributed by atoms with Crippen LogP contribution in [0.2, 0.25) is 0 Å². The maximum Gasteiger partial charge on any atom is 0.437 e. The van der Waals surface area contributed by atoms with E-state index in [0.29, 0.717) is 11.3 Å². The summed E-state index contributed by atoms with van der Waals surface area (Å²) in [6.45, 7) is 1.28. The van der Waals surface area contributed by atoms with Crippen LogP contribution in [0.15, 0.2) is 48.5 Å². The van der Waals surface area contributed by atoms with Gasteiger partial charge in [0.1, 0.15) is 17.3 Å². The van der Waals surface area contributed by atoms with Crippen LogP contribution in [0.5, 0.6) is 5.75 Å². The standard InChI is InChI=1S/C24H19F4N5O3/c1-12-20(21(24(26,27)28)32-33(12)11-13-6-3-4-9-18(13)36-2)31-23(35)14-10-17(22(29)34)30-16-8-5-7-15(25)19(14)16/h3-10H,11H2,1-2H3,(H2,29,34)(H,31,35). The average Bonchev–Trinajstić information content (AvgIpc) is 3.14.